The molecule has 19 heavy (non-hydrogen) atoms. The summed E-state index contributed by atoms with van der Waals surface area (Å²) in [4.78, 5) is 11.6. The van der Waals surface area contributed by atoms with Crippen LogP contribution in [0.3, 0.4) is 0 Å². The molecular weight excluding hydrogens is 246 g/mol. The first-order valence-corrected chi connectivity index (χ1v) is 6.19. The highest BCUT2D eigenvalue weighted by Crippen LogP contribution is 2.32. The number of fused-ring (bicyclic) bond motifs is 1. The number of aryl methyl sites for hydroxylation is 2. The van der Waals surface area contributed by atoms with E-state index in [1.54, 1.807) is 25.1 Å². The first-order valence-electron chi connectivity index (χ1n) is 6.19. The number of hydrogen-bond acceptors (Lipinski definition) is 1. The Balaban J connectivity index is 2.19. The monoisotopic (exact) mass is 258 g/mol. The van der Waals surface area contributed by atoms with Crippen LogP contribution in [0.2, 0.25) is 0 Å². The Morgan fingerprint density at radius 1 is 1.05 bits per heavy atom. The standard InChI is InChI=1S/C16H12F2O/c1-9-2-6-13(17)15(16(9)18)11-3-5-12-10(8-11)4-7-14(12)19/h2-3,5-6,8H,4,7H2,1H3. The van der Waals surface area contributed by atoms with Crippen LogP contribution in [0.15, 0.2) is 30.3 Å². The van der Waals surface area contributed by atoms with Gasteiger partial charge < -0.3 is 0 Å². The van der Waals surface area contributed by atoms with E-state index in [1.165, 1.54) is 12.1 Å². The molecule has 0 fully saturated rings. The van der Waals surface area contributed by atoms with E-state index >= 15 is 0 Å². The van der Waals surface area contributed by atoms with Gasteiger partial charge in [0.2, 0.25) is 0 Å². The smallest absolute Gasteiger partial charge is 0.163 e. The van der Waals surface area contributed by atoms with Crippen molar-refractivity contribution in [1.82, 2.24) is 0 Å². The van der Waals surface area contributed by atoms with Crippen LogP contribution in [0.1, 0.15) is 27.9 Å². The van der Waals surface area contributed by atoms with Gasteiger partial charge >= 0.3 is 0 Å². The maximum Gasteiger partial charge on any atom is 0.163 e. The van der Waals surface area contributed by atoms with Crippen LogP contribution in [0.25, 0.3) is 11.1 Å². The molecule has 0 saturated heterocycles. The van der Waals surface area contributed by atoms with E-state index in [9.17, 15) is 13.6 Å². The summed E-state index contributed by atoms with van der Waals surface area (Å²) >= 11 is 0. The Hall–Kier alpha value is -2.03. The Labute approximate surface area is 109 Å². The van der Waals surface area contributed by atoms with Gasteiger partial charge in [0, 0.05) is 12.0 Å². The molecule has 0 aliphatic heterocycles. The average molecular weight is 258 g/mol. The third kappa shape index (κ3) is 1.86. The molecular formula is C16H12F2O. The molecule has 0 atom stereocenters. The fourth-order valence-corrected chi connectivity index (χ4v) is 2.53. The number of halogens is 2. The van der Waals surface area contributed by atoms with Crippen LogP contribution < -0.4 is 0 Å². The lowest BCUT2D eigenvalue weighted by Crippen LogP contribution is -1.95. The molecule has 0 bridgehead atoms. The Morgan fingerprint density at radius 3 is 2.63 bits per heavy atom. The van der Waals surface area contributed by atoms with Gasteiger partial charge in [-0.2, -0.15) is 0 Å². The maximum atomic E-state index is 14.1. The number of carbonyl (C=O) groups is 1. The number of hydrogen-bond donors (Lipinski definition) is 0. The van der Waals surface area contributed by atoms with Crippen LogP contribution in [0.4, 0.5) is 8.78 Å². The van der Waals surface area contributed by atoms with E-state index < -0.39 is 11.6 Å². The number of rotatable bonds is 1. The topological polar surface area (TPSA) is 17.1 Å². The van der Waals surface area contributed by atoms with Crippen molar-refractivity contribution in [3.8, 4) is 11.1 Å². The lowest BCUT2D eigenvalue weighted by molar-refractivity contribution is 0.0994. The van der Waals surface area contributed by atoms with Gasteiger partial charge in [0.15, 0.2) is 5.78 Å². The number of ketones is 1. The van der Waals surface area contributed by atoms with Crippen LogP contribution in [0.5, 0.6) is 0 Å². The number of benzene rings is 2. The van der Waals surface area contributed by atoms with Crippen LogP contribution >= 0.6 is 0 Å². The molecule has 1 aliphatic carbocycles. The Morgan fingerprint density at radius 2 is 1.84 bits per heavy atom. The lowest BCUT2D eigenvalue weighted by Gasteiger charge is -2.09. The molecule has 0 saturated carbocycles. The zero-order chi connectivity index (χ0) is 13.6. The summed E-state index contributed by atoms with van der Waals surface area (Å²) in [5.74, 6) is -1.01. The zero-order valence-corrected chi connectivity index (χ0v) is 10.5. The minimum Gasteiger partial charge on any atom is -0.294 e. The first kappa shape index (κ1) is 12.0. The van der Waals surface area contributed by atoms with Crippen molar-refractivity contribution >= 4 is 5.78 Å². The molecule has 0 heterocycles. The van der Waals surface area contributed by atoms with Crippen LogP contribution in [-0.4, -0.2) is 5.78 Å². The van der Waals surface area contributed by atoms with Crippen molar-refractivity contribution in [3.05, 3.63) is 58.7 Å². The van der Waals surface area contributed by atoms with Crippen LogP contribution in [-0.2, 0) is 6.42 Å². The fourth-order valence-electron chi connectivity index (χ4n) is 2.53. The summed E-state index contributed by atoms with van der Waals surface area (Å²) in [5, 5.41) is 0. The van der Waals surface area contributed by atoms with E-state index in [0.29, 0.717) is 29.5 Å². The molecule has 0 spiro atoms. The number of carbonyl (C=O) groups excluding carboxylic acids is 1. The first-order chi connectivity index (χ1) is 9.08. The second-order valence-electron chi connectivity index (χ2n) is 4.85. The van der Waals surface area contributed by atoms with E-state index in [1.807, 2.05) is 0 Å². The lowest BCUT2D eigenvalue weighted by atomic mass is 9.98. The Kier molecular flexibility index (Phi) is 2.70. The summed E-state index contributed by atoms with van der Waals surface area (Å²) in [7, 11) is 0. The predicted octanol–water partition coefficient (Wildman–Crippen LogP) is 4.07. The molecule has 2 aromatic rings. The molecule has 0 unspecified atom stereocenters. The van der Waals surface area contributed by atoms with E-state index in [0.717, 1.165) is 5.56 Å². The van der Waals surface area contributed by atoms with Gasteiger partial charge in [0.25, 0.3) is 0 Å². The summed E-state index contributed by atoms with van der Waals surface area (Å²) < 4.78 is 27.9. The van der Waals surface area contributed by atoms with Crippen molar-refractivity contribution in [2.45, 2.75) is 19.8 Å². The quantitative estimate of drug-likeness (QED) is 0.753. The molecule has 0 N–H and O–H groups in total. The molecule has 96 valence electrons. The molecule has 1 aliphatic rings. The van der Waals surface area contributed by atoms with Crippen molar-refractivity contribution in [3.63, 3.8) is 0 Å². The van der Waals surface area contributed by atoms with Crippen molar-refractivity contribution in [2.75, 3.05) is 0 Å². The van der Waals surface area contributed by atoms with Gasteiger partial charge in [-0.05, 0) is 36.1 Å². The molecule has 0 amide bonds. The molecule has 0 aromatic heterocycles. The second-order valence-corrected chi connectivity index (χ2v) is 4.85. The van der Waals surface area contributed by atoms with Gasteiger partial charge in [-0.25, -0.2) is 8.78 Å². The maximum absolute atomic E-state index is 14.1. The minimum absolute atomic E-state index is 0.0119. The normalized spacial score (nSPS) is 13.7. The summed E-state index contributed by atoms with van der Waals surface area (Å²) in [6, 6.07) is 7.70. The highest BCUT2D eigenvalue weighted by atomic mass is 19.1. The van der Waals surface area contributed by atoms with E-state index in [4.69, 9.17) is 0 Å². The molecule has 3 rings (SSSR count). The molecule has 1 nitrogen and oxygen atoms in total. The number of Topliss-reactive ketones (excluding diaryl/α,β-unsaturated/α-hetero) is 1. The zero-order valence-electron chi connectivity index (χ0n) is 10.5. The summed E-state index contributed by atoms with van der Waals surface area (Å²) in [5.41, 5.74) is 2.45. The highest BCUT2D eigenvalue weighted by molar-refractivity contribution is 6.01. The van der Waals surface area contributed by atoms with Gasteiger partial charge in [-0.15, -0.1) is 0 Å². The SMILES string of the molecule is Cc1ccc(F)c(-c2ccc3c(c2)CCC3=O)c1F. The van der Waals surface area contributed by atoms with Gasteiger partial charge in [0.1, 0.15) is 11.6 Å². The predicted molar refractivity (Wildman–Crippen MR) is 69.2 cm³/mol. The second kappa shape index (κ2) is 4.26. The van der Waals surface area contributed by atoms with Gasteiger partial charge in [-0.1, -0.05) is 24.3 Å². The van der Waals surface area contributed by atoms with E-state index in [2.05, 4.69) is 0 Å². The fraction of sp³-hybridized carbons (Fsp3) is 0.188. The molecule has 2 aromatic carbocycles. The largest absolute Gasteiger partial charge is 0.294 e. The average Bonchev–Trinajstić information content (AvgIpc) is 2.76. The Bertz CT molecular complexity index is 689. The van der Waals surface area contributed by atoms with Crippen molar-refractivity contribution < 1.29 is 13.6 Å². The molecule has 3 heteroatoms. The minimum atomic E-state index is -0.577. The van der Waals surface area contributed by atoms with Crippen LogP contribution in [0, 0.1) is 18.6 Å². The third-order valence-corrected chi connectivity index (χ3v) is 3.60. The van der Waals surface area contributed by atoms with Crippen molar-refractivity contribution in [2.24, 2.45) is 0 Å². The van der Waals surface area contributed by atoms with Crippen molar-refractivity contribution in [1.29, 1.82) is 0 Å². The molecule has 0 radical (unpaired) electrons. The summed E-state index contributed by atoms with van der Waals surface area (Å²) in [6.45, 7) is 1.61. The summed E-state index contributed by atoms with van der Waals surface area (Å²) in [6.07, 6.45) is 1.13. The third-order valence-electron chi connectivity index (χ3n) is 3.60. The van der Waals surface area contributed by atoms with Gasteiger partial charge in [0.05, 0.1) is 5.56 Å². The van der Waals surface area contributed by atoms with E-state index in [-0.39, 0.29) is 11.3 Å². The van der Waals surface area contributed by atoms with Gasteiger partial charge in [-0.3, -0.25) is 4.79 Å². The highest BCUT2D eigenvalue weighted by Gasteiger charge is 2.21.